The average Bonchev–Trinajstić information content (AvgIpc) is 3.27. The Balaban J connectivity index is 0.00000108. The Hall–Kier alpha value is -2.90. The molecule has 0 atom stereocenters. The van der Waals surface area contributed by atoms with E-state index in [1.54, 1.807) is 0 Å². The van der Waals surface area contributed by atoms with Gasteiger partial charge in [0.25, 0.3) is 0 Å². The Kier molecular flexibility index (Phi) is 8.33. The number of nitrogens with one attached hydrogen (secondary N) is 1. The van der Waals surface area contributed by atoms with E-state index in [-0.39, 0.29) is 37.2 Å². The van der Waals surface area contributed by atoms with Gasteiger partial charge in [0.05, 0.1) is 11.7 Å². The fourth-order valence-electron chi connectivity index (χ4n) is 4.34. The Morgan fingerprint density at radius 3 is 2.32 bits per heavy atom. The molecule has 5 aromatic rings. The molecule has 0 bridgehead atoms. The van der Waals surface area contributed by atoms with Gasteiger partial charge in [0.1, 0.15) is 0 Å². The first kappa shape index (κ1) is 25.7. The van der Waals surface area contributed by atoms with E-state index in [0.717, 1.165) is 65.0 Å². The van der Waals surface area contributed by atoms with Gasteiger partial charge in [-0.05, 0) is 35.4 Å². The highest BCUT2D eigenvalue weighted by atomic mass is 35.5. The Labute approximate surface area is 216 Å². The van der Waals surface area contributed by atoms with Gasteiger partial charge in [-0.2, -0.15) is 5.10 Å². The summed E-state index contributed by atoms with van der Waals surface area (Å²) in [6.07, 6.45) is 7.69. The van der Waals surface area contributed by atoms with Crippen LogP contribution in [0.15, 0.2) is 79.4 Å². The number of rotatable bonds is 3. The maximum atomic E-state index is 4.77. The van der Waals surface area contributed by atoms with Gasteiger partial charge in [-0.3, -0.25) is 4.98 Å². The summed E-state index contributed by atoms with van der Waals surface area (Å²) in [5.41, 5.74) is 7.39. The summed E-state index contributed by atoms with van der Waals surface area (Å²) < 4.78 is 1.87. The second-order valence-corrected chi connectivity index (χ2v) is 7.83. The number of hydrogen-bond acceptors (Lipinski definition) is 5. The van der Waals surface area contributed by atoms with Crippen LogP contribution in [0.4, 0.5) is 5.69 Å². The van der Waals surface area contributed by atoms with Gasteiger partial charge >= 0.3 is 0 Å². The number of piperazine rings is 1. The van der Waals surface area contributed by atoms with Gasteiger partial charge in [0.15, 0.2) is 5.65 Å². The molecule has 6 rings (SSSR count). The monoisotopic (exact) mass is 514 g/mol. The molecule has 0 amide bonds. The number of pyridine rings is 1. The van der Waals surface area contributed by atoms with Gasteiger partial charge in [0, 0.05) is 67.0 Å². The van der Waals surface area contributed by atoms with Crippen molar-refractivity contribution >= 4 is 59.5 Å². The molecule has 176 valence electrons. The molecule has 0 saturated carbocycles. The Bertz CT molecular complexity index is 1380. The van der Waals surface area contributed by atoms with Crippen LogP contribution in [-0.4, -0.2) is 45.8 Å². The van der Waals surface area contributed by atoms with Gasteiger partial charge in [-0.15, -0.1) is 37.2 Å². The molecule has 1 N–H and O–H groups in total. The van der Waals surface area contributed by atoms with Crippen molar-refractivity contribution in [2.75, 3.05) is 31.1 Å². The first-order chi connectivity index (χ1) is 15.4. The van der Waals surface area contributed by atoms with Crippen LogP contribution in [-0.2, 0) is 0 Å². The molecule has 3 aromatic heterocycles. The van der Waals surface area contributed by atoms with Crippen LogP contribution in [0.25, 0.3) is 38.8 Å². The van der Waals surface area contributed by atoms with Gasteiger partial charge in [-0.25, -0.2) is 9.50 Å². The third-order valence-corrected chi connectivity index (χ3v) is 5.98. The minimum Gasteiger partial charge on any atom is -0.369 e. The molecule has 4 heterocycles. The zero-order chi connectivity index (χ0) is 20.6. The molecular formula is C25H25Cl3N6. The molecule has 2 aromatic carbocycles. The van der Waals surface area contributed by atoms with E-state index >= 15 is 0 Å². The molecule has 1 aliphatic heterocycles. The van der Waals surface area contributed by atoms with Crippen LogP contribution in [0, 0.1) is 0 Å². The van der Waals surface area contributed by atoms with E-state index < -0.39 is 0 Å². The molecule has 0 aliphatic carbocycles. The minimum atomic E-state index is 0. The van der Waals surface area contributed by atoms with E-state index in [9.17, 15) is 0 Å². The Morgan fingerprint density at radius 2 is 1.53 bits per heavy atom. The predicted molar refractivity (Wildman–Crippen MR) is 146 cm³/mol. The summed E-state index contributed by atoms with van der Waals surface area (Å²) in [5.74, 6) is 0. The lowest BCUT2D eigenvalue weighted by molar-refractivity contribution is 0.589. The van der Waals surface area contributed by atoms with E-state index in [1.807, 2.05) is 41.3 Å². The molecule has 0 spiro atoms. The highest BCUT2D eigenvalue weighted by molar-refractivity contribution is 5.97. The number of anilines is 1. The topological polar surface area (TPSA) is 58.4 Å². The summed E-state index contributed by atoms with van der Waals surface area (Å²) in [6, 6.07) is 18.9. The van der Waals surface area contributed by atoms with Crippen molar-refractivity contribution in [3.8, 4) is 22.3 Å². The number of fused-ring (bicyclic) bond motifs is 2. The average molecular weight is 516 g/mol. The number of halogens is 3. The van der Waals surface area contributed by atoms with Crippen LogP contribution < -0.4 is 10.2 Å². The van der Waals surface area contributed by atoms with Crippen LogP contribution in [0.2, 0.25) is 0 Å². The minimum absolute atomic E-state index is 0. The summed E-state index contributed by atoms with van der Waals surface area (Å²) in [6.45, 7) is 4.17. The van der Waals surface area contributed by atoms with Crippen molar-refractivity contribution in [2.24, 2.45) is 0 Å². The van der Waals surface area contributed by atoms with Crippen molar-refractivity contribution in [2.45, 2.75) is 0 Å². The van der Waals surface area contributed by atoms with Crippen molar-refractivity contribution in [3.05, 3.63) is 79.4 Å². The highest BCUT2D eigenvalue weighted by Gasteiger charge is 2.13. The van der Waals surface area contributed by atoms with Crippen molar-refractivity contribution in [3.63, 3.8) is 0 Å². The van der Waals surface area contributed by atoms with Gasteiger partial charge < -0.3 is 10.2 Å². The van der Waals surface area contributed by atoms with Gasteiger partial charge in [0.2, 0.25) is 0 Å². The first-order valence-electron chi connectivity index (χ1n) is 10.6. The SMILES string of the molecule is Cl.Cl.Cl.c1cc(-c2cnn3cc(-c4ccc(N5CCNCC5)cc4)cnc23)c2cccnc2c1. The lowest BCUT2D eigenvalue weighted by Gasteiger charge is -2.29. The van der Waals surface area contributed by atoms with E-state index in [4.69, 9.17) is 4.98 Å². The van der Waals surface area contributed by atoms with E-state index in [1.165, 1.54) is 5.69 Å². The fraction of sp³-hybridized carbons (Fsp3) is 0.160. The van der Waals surface area contributed by atoms with E-state index in [2.05, 4.69) is 62.9 Å². The predicted octanol–water partition coefficient (Wildman–Crippen LogP) is 5.29. The molecule has 0 unspecified atom stereocenters. The maximum absolute atomic E-state index is 4.77. The molecule has 1 fully saturated rings. The number of benzene rings is 2. The van der Waals surface area contributed by atoms with Crippen LogP contribution in [0.5, 0.6) is 0 Å². The second-order valence-electron chi connectivity index (χ2n) is 7.83. The molecular weight excluding hydrogens is 491 g/mol. The molecule has 0 radical (unpaired) electrons. The molecule has 9 heteroatoms. The first-order valence-corrected chi connectivity index (χ1v) is 10.6. The van der Waals surface area contributed by atoms with Crippen LogP contribution >= 0.6 is 37.2 Å². The normalized spacial score (nSPS) is 13.1. The standard InChI is InChI=1S/C25H22N6.3ClH/c1-3-21(22-4-2-10-27-24(22)5-1)23-16-29-31-17-19(15-28-25(23)31)18-6-8-20(9-7-18)30-13-11-26-12-14-30;;;/h1-10,15-17,26H,11-14H2;3*1H. The maximum Gasteiger partial charge on any atom is 0.162 e. The zero-order valence-corrected chi connectivity index (χ0v) is 20.7. The zero-order valence-electron chi connectivity index (χ0n) is 18.3. The number of hydrogen-bond donors (Lipinski definition) is 1. The Morgan fingerprint density at radius 1 is 0.735 bits per heavy atom. The summed E-state index contributed by atoms with van der Waals surface area (Å²) >= 11 is 0. The van der Waals surface area contributed by atoms with Crippen molar-refractivity contribution in [1.82, 2.24) is 24.9 Å². The third kappa shape index (κ3) is 4.68. The fourth-order valence-corrected chi connectivity index (χ4v) is 4.34. The van der Waals surface area contributed by atoms with Crippen molar-refractivity contribution < 1.29 is 0 Å². The lowest BCUT2D eigenvalue weighted by atomic mass is 10.0. The lowest BCUT2D eigenvalue weighted by Crippen LogP contribution is -2.43. The largest absolute Gasteiger partial charge is 0.369 e. The van der Waals surface area contributed by atoms with Crippen LogP contribution in [0.3, 0.4) is 0 Å². The third-order valence-electron chi connectivity index (χ3n) is 5.98. The van der Waals surface area contributed by atoms with Crippen LogP contribution in [0.1, 0.15) is 0 Å². The van der Waals surface area contributed by atoms with E-state index in [0.29, 0.717) is 0 Å². The quantitative estimate of drug-likeness (QED) is 0.354. The smallest absolute Gasteiger partial charge is 0.162 e. The summed E-state index contributed by atoms with van der Waals surface area (Å²) in [4.78, 5) is 11.7. The molecule has 34 heavy (non-hydrogen) atoms. The second kappa shape index (κ2) is 11.0. The number of nitrogens with zero attached hydrogens (tertiary/aromatic N) is 5. The molecule has 1 saturated heterocycles. The summed E-state index contributed by atoms with van der Waals surface area (Å²) in [7, 11) is 0. The highest BCUT2D eigenvalue weighted by Crippen LogP contribution is 2.31. The van der Waals surface area contributed by atoms with Gasteiger partial charge in [-0.1, -0.05) is 30.3 Å². The molecule has 6 nitrogen and oxygen atoms in total. The number of aromatic nitrogens is 4. The summed E-state index contributed by atoms with van der Waals surface area (Å²) in [5, 5.41) is 9.10. The van der Waals surface area contributed by atoms with Crippen molar-refractivity contribution in [1.29, 1.82) is 0 Å². The molecule has 1 aliphatic rings.